The van der Waals surface area contributed by atoms with Crippen LogP contribution in [0.15, 0.2) is 29.1 Å². The molecule has 0 saturated carbocycles. The van der Waals surface area contributed by atoms with E-state index in [1.165, 1.54) is 0 Å². The van der Waals surface area contributed by atoms with Crippen LogP contribution in [0.2, 0.25) is 0 Å². The number of benzene rings is 1. The van der Waals surface area contributed by atoms with Crippen molar-refractivity contribution in [2.45, 2.75) is 58.2 Å². The van der Waals surface area contributed by atoms with Gasteiger partial charge in [-0.15, -0.1) is 12.4 Å². The quantitative estimate of drug-likeness (QED) is 0.626. The molecule has 2 heterocycles. The Balaban J connectivity index is 0.00000300. The zero-order chi connectivity index (χ0) is 19.9. The van der Waals surface area contributed by atoms with Crippen LogP contribution in [0.1, 0.15) is 39.0 Å². The summed E-state index contributed by atoms with van der Waals surface area (Å²) in [6.45, 7) is 5.95. The standard InChI is InChI=1S/C21H32N4O3.ClH/c1-2-12-24-18-6-3-4-7-19(18)25(21(24)27)15-10-20(26)23-13-8-17(9-14-23)28-16-5-11-22;/h3-4,6-7,17H,2,5,8-16,22H2,1H3;1H. The second-order valence-corrected chi connectivity index (χ2v) is 7.42. The van der Waals surface area contributed by atoms with Crippen LogP contribution in [0.5, 0.6) is 0 Å². The van der Waals surface area contributed by atoms with Crippen molar-refractivity contribution >= 4 is 29.3 Å². The first kappa shape index (κ1) is 23.4. The van der Waals surface area contributed by atoms with Crippen LogP contribution in [0, 0.1) is 0 Å². The highest BCUT2D eigenvalue weighted by Gasteiger charge is 2.23. The number of amides is 1. The van der Waals surface area contributed by atoms with Crippen LogP contribution in [-0.2, 0) is 22.6 Å². The number of fused-ring (bicyclic) bond motifs is 1. The first-order valence-electron chi connectivity index (χ1n) is 10.4. The number of aromatic nitrogens is 2. The number of carbonyl (C=O) groups excluding carboxylic acids is 1. The van der Waals surface area contributed by atoms with Crippen molar-refractivity contribution in [1.29, 1.82) is 0 Å². The highest BCUT2D eigenvalue weighted by atomic mass is 35.5. The summed E-state index contributed by atoms with van der Waals surface area (Å²) in [6, 6.07) is 7.81. The molecular weight excluding hydrogens is 392 g/mol. The number of nitrogens with two attached hydrogens (primary N) is 1. The molecular formula is C21H33ClN4O3. The molecule has 2 aromatic rings. The molecule has 0 aliphatic carbocycles. The number of imidazole rings is 1. The molecule has 0 atom stereocenters. The van der Waals surface area contributed by atoms with Crippen molar-refractivity contribution in [3.63, 3.8) is 0 Å². The van der Waals surface area contributed by atoms with Gasteiger partial charge in [0.15, 0.2) is 0 Å². The lowest BCUT2D eigenvalue weighted by molar-refractivity contribution is -0.134. The van der Waals surface area contributed by atoms with Crippen LogP contribution in [0.3, 0.4) is 0 Å². The van der Waals surface area contributed by atoms with E-state index in [0.717, 1.165) is 49.8 Å². The average Bonchev–Trinajstić information content (AvgIpc) is 2.98. The smallest absolute Gasteiger partial charge is 0.329 e. The Morgan fingerprint density at radius 3 is 2.34 bits per heavy atom. The molecule has 1 aromatic heterocycles. The summed E-state index contributed by atoms with van der Waals surface area (Å²) < 4.78 is 9.36. The van der Waals surface area contributed by atoms with E-state index >= 15 is 0 Å². The summed E-state index contributed by atoms with van der Waals surface area (Å²) in [5.41, 5.74) is 7.31. The zero-order valence-electron chi connectivity index (χ0n) is 17.2. The molecule has 7 nitrogen and oxygen atoms in total. The van der Waals surface area contributed by atoms with Gasteiger partial charge in [0.05, 0.1) is 17.1 Å². The topological polar surface area (TPSA) is 82.5 Å². The number of hydrogen-bond acceptors (Lipinski definition) is 4. The van der Waals surface area contributed by atoms with Crippen molar-refractivity contribution in [3.8, 4) is 0 Å². The minimum Gasteiger partial charge on any atom is -0.378 e. The molecule has 0 unspecified atom stereocenters. The van der Waals surface area contributed by atoms with Gasteiger partial charge < -0.3 is 15.4 Å². The number of ether oxygens (including phenoxy) is 1. The van der Waals surface area contributed by atoms with Gasteiger partial charge in [-0.2, -0.15) is 0 Å². The van der Waals surface area contributed by atoms with E-state index < -0.39 is 0 Å². The van der Waals surface area contributed by atoms with Crippen LogP contribution >= 0.6 is 12.4 Å². The summed E-state index contributed by atoms with van der Waals surface area (Å²) in [5, 5.41) is 0. The Morgan fingerprint density at radius 2 is 1.76 bits per heavy atom. The number of rotatable bonds is 9. The highest BCUT2D eigenvalue weighted by molar-refractivity contribution is 5.85. The predicted octanol–water partition coefficient (Wildman–Crippen LogP) is 2.38. The number of piperidine rings is 1. The molecule has 0 bridgehead atoms. The molecule has 0 spiro atoms. The Morgan fingerprint density at radius 1 is 1.14 bits per heavy atom. The Labute approximate surface area is 178 Å². The molecule has 1 aliphatic heterocycles. The van der Waals surface area contributed by atoms with E-state index in [1.807, 2.05) is 33.7 Å². The number of likely N-dealkylation sites (tertiary alicyclic amines) is 1. The third kappa shape index (κ3) is 5.62. The minimum atomic E-state index is -0.0251. The molecule has 29 heavy (non-hydrogen) atoms. The fourth-order valence-electron chi connectivity index (χ4n) is 3.90. The molecule has 1 amide bonds. The summed E-state index contributed by atoms with van der Waals surface area (Å²) >= 11 is 0. The lowest BCUT2D eigenvalue weighted by Crippen LogP contribution is -2.41. The first-order valence-corrected chi connectivity index (χ1v) is 10.4. The highest BCUT2D eigenvalue weighted by Crippen LogP contribution is 2.17. The van der Waals surface area contributed by atoms with Gasteiger partial charge in [0, 0.05) is 39.2 Å². The van der Waals surface area contributed by atoms with Crippen molar-refractivity contribution in [3.05, 3.63) is 34.7 Å². The number of para-hydroxylation sites is 2. The van der Waals surface area contributed by atoms with Gasteiger partial charge >= 0.3 is 5.69 Å². The SMILES string of the molecule is CCCn1c(=O)n(CCC(=O)N2CCC(OCCCN)CC2)c2ccccc21.Cl. The van der Waals surface area contributed by atoms with E-state index in [4.69, 9.17) is 10.5 Å². The lowest BCUT2D eigenvalue weighted by atomic mass is 10.1. The largest absolute Gasteiger partial charge is 0.378 e. The second kappa shape index (κ2) is 11.4. The van der Waals surface area contributed by atoms with Gasteiger partial charge in [0.25, 0.3) is 0 Å². The third-order valence-corrected chi connectivity index (χ3v) is 5.42. The van der Waals surface area contributed by atoms with Gasteiger partial charge in [-0.1, -0.05) is 19.1 Å². The lowest BCUT2D eigenvalue weighted by Gasteiger charge is -2.32. The van der Waals surface area contributed by atoms with Crippen LogP contribution in [-0.4, -0.2) is 52.3 Å². The summed E-state index contributed by atoms with van der Waals surface area (Å²) in [7, 11) is 0. The van der Waals surface area contributed by atoms with Gasteiger partial charge in [-0.3, -0.25) is 13.9 Å². The molecule has 1 aromatic carbocycles. The molecule has 1 saturated heterocycles. The van der Waals surface area contributed by atoms with E-state index in [9.17, 15) is 9.59 Å². The fourth-order valence-corrected chi connectivity index (χ4v) is 3.90. The van der Waals surface area contributed by atoms with Crippen molar-refractivity contribution < 1.29 is 9.53 Å². The van der Waals surface area contributed by atoms with Crippen LogP contribution in [0.25, 0.3) is 11.0 Å². The van der Waals surface area contributed by atoms with Crippen LogP contribution in [0.4, 0.5) is 0 Å². The maximum Gasteiger partial charge on any atom is 0.329 e. The number of aryl methyl sites for hydroxylation is 2. The normalized spacial score (nSPS) is 14.9. The minimum absolute atomic E-state index is 0. The molecule has 1 fully saturated rings. The number of halogens is 1. The van der Waals surface area contributed by atoms with Crippen molar-refractivity contribution in [2.75, 3.05) is 26.2 Å². The van der Waals surface area contributed by atoms with Gasteiger partial charge in [-0.25, -0.2) is 4.79 Å². The maximum absolute atomic E-state index is 12.8. The molecule has 0 radical (unpaired) electrons. The molecule has 1 aliphatic rings. The van der Waals surface area contributed by atoms with Crippen molar-refractivity contribution in [2.24, 2.45) is 5.73 Å². The van der Waals surface area contributed by atoms with E-state index in [2.05, 4.69) is 6.92 Å². The van der Waals surface area contributed by atoms with Gasteiger partial charge in [0.2, 0.25) is 5.91 Å². The van der Waals surface area contributed by atoms with Crippen LogP contribution < -0.4 is 11.4 Å². The summed E-state index contributed by atoms with van der Waals surface area (Å²) in [5.74, 6) is 0.111. The zero-order valence-corrected chi connectivity index (χ0v) is 18.0. The number of carbonyl (C=O) groups is 1. The van der Waals surface area contributed by atoms with Gasteiger partial charge in [-0.05, 0) is 44.4 Å². The van der Waals surface area contributed by atoms with Gasteiger partial charge in [0.1, 0.15) is 0 Å². The Bertz CT molecular complexity index is 840. The monoisotopic (exact) mass is 424 g/mol. The van der Waals surface area contributed by atoms with E-state index in [0.29, 0.717) is 32.7 Å². The molecule has 162 valence electrons. The molecule has 3 rings (SSSR count). The average molecular weight is 425 g/mol. The summed E-state index contributed by atoms with van der Waals surface area (Å²) in [6.07, 6.45) is 4.08. The Hall–Kier alpha value is -1.83. The van der Waals surface area contributed by atoms with E-state index in [-0.39, 0.29) is 30.1 Å². The fraction of sp³-hybridized carbons (Fsp3) is 0.619. The van der Waals surface area contributed by atoms with Crippen molar-refractivity contribution in [1.82, 2.24) is 14.0 Å². The Kier molecular flexibility index (Phi) is 9.20. The summed E-state index contributed by atoms with van der Waals surface area (Å²) in [4.78, 5) is 27.4. The molecule has 8 heteroatoms. The maximum atomic E-state index is 12.8. The second-order valence-electron chi connectivity index (χ2n) is 7.42. The first-order chi connectivity index (χ1) is 13.7. The molecule has 2 N–H and O–H groups in total. The number of hydrogen-bond donors (Lipinski definition) is 1. The number of nitrogens with zero attached hydrogens (tertiary/aromatic N) is 3. The van der Waals surface area contributed by atoms with E-state index in [1.54, 1.807) is 4.57 Å². The predicted molar refractivity (Wildman–Crippen MR) is 118 cm³/mol. The third-order valence-electron chi connectivity index (χ3n) is 5.42.